The molecule has 1 rings (SSSR count). The first kappa shape index (κ1) is 7.03. The third-order valence-corrected chi connectivity index (χ3v) is 2.43. The molecule has 0 heterocycles. The van der Waals surface area contributed by atoms with Crippen LogP contribution in [-0.4, -0.2) is 12.1 Å². The second-order valence-electron chi connectivity index (χ2n) is 3.12. The van der Waals surface area contributed by atoms with Gasteiger partial charge in [0.2, 0.25) is 0 Å². The average Bonchev–Trinajstić information content (AvgIpc) is 1.83. The van der Waals surface area contributed by atoms with Crippen LogP contribution in [0.15, 0.2) is 0 Å². The number of nitrogens with two attached hydrogens (primary N) is 2. The molecule has 1 fully saturated rings. The van der Waals surface area contributed by atoms with Crippen LogP contribution in [-0.2, 0) is 0 Å². The van der Waals surface area contributed by atoms with Crippen molar-refractivity contribution in [3.05, 3.63) is 0 Å². The third kappa shape index (κ3) is 1.43. The van der Waals surface area contributed by atoms with E-state index in [0.29, 0.717) is 18.0 Å². The highest BCUT2D eigenvalue weighted by Crippen LogP contribution is 2.20. The molecule has 0 aliphatic heterocycles. The molecule has 0 aromatic carbocycles. The monoisotopic (exact) mass is 128 g/mol. The van der Waals surface area contributed by atoms with Crippen molar-refractivity contribution in [3.8, 4) is 0 Å². The Labute approximate surface area is 56.6 Å². The van der Waals surface area contributed by atoms with Gasteiger partial charge >= 0.3 is 0 Å². The highest BCUT2D eigenvalue weighted by Gasteiger charge is 2.23. The van der Waals surface area contributed by atoms with Crippen LogP contribution >= 0.6 is 0 Å². The van der Waals surface area contributed by atoms with Crippen LogP contribution in [0.1, 0.15) is 26.2 Å². The van der Waals surface area contributed by atoms with E-state index in [1.165, 1.54) is 6.42 Å². The summed E-state index contributed by atoms with van der Waals surface area (Å²) in [7, 11) is 0. The fourth-order valence-corrected chi connectivity index (χ4v) is 1.43. The molecule has 2 heteroatoms. The molecule has 0 amide bonds. The van der Waals surface area contributed by atoms with E-state index in [2.05, 4.69) is 6.92 Å². The lowest BCUT2D eigenvalue weighted by Crippen LogP contribution is -2.44. The molecule has 4 N–H and O–H groups in total. The van der Waals surface area contributed by atoms with E-state index in [9.17, 15) is 0 Å². The van der Waals surface area contributed by atoms with Crippen molar-refractivity contribution in [1.29, 1.82) is 0 Å². The van der Waals surface area contributed by atoms with Crippen LogP contribution in [0.5, 0.6) is 0 Å². The summed E-state index contributed by atoms with van der Waals surface area (Å²) in [5.74, 6) is 0.527. The van der Waals surface area contributed by atoms with Crippen LogP contribution in [0.4, 0.5) is 0 Å². The van der Waals surface area contributed by atoms with E-state index < -0.39 is 0 Å². The Morgan fingerprint density at radius 2 is 1.56 bits per heavy atom. The van der Waals surface area contributed by atoms with Crippen LogP contribution < -0.4 is 11.5 Å². The smallest absolute Gasteiger partial charge is 0.00792 e. The Balaban J connectivity index is 2.41. The van der Waals surface area contributed by atoms with Crippen LogP contribution in [0.25, 0.3) is 0 Å². The van der Waals surface area contributed by atoms with Crippen molar-refractivity contribution in [3.63, 3.8) is 0 Å². The first-order chi connectivity index (χ1) is 4.22. The lowest BCUT2D eigenvalue weighted by atomic mass is 9.83. The van der Waals surface area contributed by atoms with Gasteiger partial charge in [-0.2, -0.15) is 0 Å². The molecule has 1 saturated carbocycles. The Hall–Kier alpha value is -0.0800. The first-order valence-corrected chi connectivity index (χ1v) is 3.73. The maximum Gasteiger partial charge on any atom is 0.00792 e. The van der Waals surface area contributed by atoms with Gasteiger partial charge in [-0.05, 0) is 18.8 Å². The molecule has 1 aliphatic rings. The van der Waals surface area contributed by atoms with Gasteiger partial charge in [-0.25, -0.2) is 0 Å². The van der Waals surface area contributed by atoms with Gasteiger partial charge in [-0.3, -0.25) is 0 Å². The topological polar surface area (TPSA) is 52.0 Å². The predicted molar refractivity (Wildman–Crippen MR) is 39.0 cm³/mol. The van der Waals surface area contributed by atoms with Crippen LogP contribution in [0.2, 0.25) is 0 Å². The minimum Gasteiger partial charge on any atom is -0.327 e. The van der Waals surface area contributed by atoms with E-state index >= 15 is 0 Å². The Bertz CT molecular complexity index is 82.9. The van der Waals surface area contributed by atoms with Gasteiger partial charge < -0.3 is 11.5 Å². The third-order valence-electron chi connectivity index (χ3n) is 2.43. The van der Waals surface area contributed by atoms with Gasteiger partial charge in [0.1, 0.15) is 0 Å². The van der Waals surface area contributed by atoms with Gasteiger partial charge in [0.05, 0.1) is 0 Å². The lowest BCUT2D eigenvalue weighted by Gasteiger charge is -2.30. The Kier molecular flexibility index (Phi) is 2.09. The molecule has 0 aromatic rings. The van der Waals surface area contributed by atoms with Gasteiger partial charge in [0.25, 0.3) is 0 Å². The standard InChI is InChI=1S/C7H16N2/c1-5-6(8)3-2-4-7(5)9/h5-7H,2-4,8-9H2,1H3/t5-,6+,7?/m0/s1. The molecule has 0 bridgehead atoms. The van der Waals surface area contributed by atoms with Gasteiger partial charge in [-0.15, -0.1) is 0 Å². The fraction of sp³-hybridized carbons (Fsp3) is 1.00. The number of rotatable bonds is 0. The molecule has 0 aromatic heterocycles. The van der Waals surface area contributed by atoms with Crippen molar-refractivity contribution < 1.29 is 0 Å². The summed E-state index contributed by atoms with van der Waals surface area (Å²) in [4.78, 5) is 0. The summed E-state index contributed by atoms with van der Waals surface area (Å²) >= 11 is 0. The highest BCUT2D eigenvalue weighted by atomic mass is 14.7. The molecule has 2 nitrogen and oxygen atoms in total. The molecule has 54 valence electrons. The van der Waals surface area contributed by atoms with Crippen molar-refractivity contribution in [1.82, 2.24) is 0 Å². The van der Waals surface area contributed by atoms with Crippen molar-refractivity contribution in [2.24, 2.45) is 17.4 Å². The summed E-state index contributed by atoms with van der Waals surface area (Å²) < 4.78 is 0. The molecule has 0 radical (unpaired) electrons. The molecular weight excluding hydrogens is 112 g/mol. The zero-order chi connectivity index (χ0) is 6.85. The van der Waals surface area contributed by atoms with Crippen molar-refractivity contribution in [2.75, 3.05) is 0 Å². The van der Waals surface area contributed by atoms with Crippen molar-refractivity contribution in [2.45, 2.75) is 38.3 Å². The van der Waals surface area contributed by atoms with Crippen LogP contribution in [0, 0.1) is 5.92 Å². The zero-order valence-electron chi connectivity index (χ0n) is 6.01. The molecule has 3 atom stereocenters. The maximum atomic E-state index is 5.79. The largest absolute Gasteiger partial charge is 0.327 e. The van der Waals surface area contributed by atoms with E-state index in [0.717, 1.165) is 12.8 Å². The average molecular weight is 128 g/mol. The summed E-state index contributed by atoms with van der Waals surface area (Å²) in [6, 6.07) is 0.711. The SMILES string of the molecule is C[C@@H]1C(N)CCC[C@H]1N. The van der Waals surface area contributed by atoms with Gasteiger partial charge in [-0.1, -0.05) is 13.3 Å². The molecule has 1 aliphatic carbocycles. The lowest BCUT2D eigenvalue weighted by molar-refractivity contribution is 0.287. The quantitative estimate of drug-likeness (QED) is 0.498. The summed E-state index contributed by atoms with van der Waals surface area (Å²) in [5, 5.41) is 0. The summed E-state index contributed by atoms with van der Waals surface area (Å²) in [6.07, 6.45) is 3.54. The fourth-order valence-electron chi connectivity index (χ4n) is 1.43. The molecular formula is C7H16N2. The normalized spacial score (nSPS) is 45.0. The second-order valence-corrected chi connectivity index (χ2v) is 3.12. The molecule has 0 saturated heterocycles. The molecule has 1 unspecified atom stereocenters. The second kappa shape index (κ2) is 2.67. The van der Waals surface area contributed by atoms with Crippen LogP contribution in [0.3, 0.4) is 0 Å². The number of hydrogen-bond acceptors (Lipinski definition) is 2. The molecule has 9 heavy (non-hydrogen) atoms. The van der Waals surface area contributed by atoms with E-state index in [4.69, 9.17) is 11.5 Å². The van der Waals surface area contributed by atoms with Crippen molar-refractivity contribution >= 4 is 0 Å². The van der Waals surface area contributed by atoms with E-state index in [1.807, 2.05) is 0 Å². The minimum atomic E-state index is 0.355. The van der Waals surface area contributed by atoms with Gasteiger partial charge in [0, 0.05) is 12.1 Å². The van der Waals surface area contributed by atoms with E-state index in [-0.39, 0.29) is 0 Å². The Morgan fingerprint density at radius 1 is 1.11 bits per heavy atom. The Morgan fingerprint density at radius 3 is 1.89 bits per heavy atom. The maximum absolute atomic E-state index is 5.79. The summed E-state index contributed by atoms with van der Waals surface area (Å²) in [6.45, 7) is 2.15. The minimum absolute atomic E-state index is 0.355. The highest BCUT2D eigenvalue weighted by molar-refractivity contribution is 4.83. The predicted octanol–water partition coefficient (Wildman–Crippen LogP) is 0.461. The zero-order valence-corrected chi connectivity index (χ0v) is 6.01. The van der Waals surface area contributed by atoms with E-state index in [1.54, 1.807) is 0 Å². The number of hydrogen-bond donors (Lipinski definition) is 2. The summed E-state index contributed by atoms with van der Waals surface area (Å²) in [5.41, 5.74) is 11.6. The van der Waals surface area contributed by atoms with Gasteiger partial charge in [0.15, 0.2) is 0 Å². The molecule has 0 spiro atoms. The first-order valence-electron chi connectivity index (χ1n) is 3.73.